The molecule has 6 nitrogen and oxygen atoms in total. The van der Waals surface area contributed by atoms with E-state index in [1.807, 2.05) is 6.07 Å². The Morgan fingerprint density at radius 2 is 1.64 bits per heavy atom. The van der Waals surface area contributed by atoms with Gasteiger partial charge in [-0.1, -0.05) is 42.5 Å². The summed E-state index contributed by atoms with van der Waals surface area (Å²) in [6.45, 7) is -1.63. The fraction of sp³-hybridized carbons (Fsp3) is 0.211. The highest BCUT2D eigenvalue weighted by Gasteiger charge is 2.27. The summed E-state index contributed by atoms with van der Waals surface area (Å²) in [5, 5.41) is 3.49. The lowest BCUT2D eigenvalue weighted by Crippen LogP contribution is -2.29. The number of hydrogen-bond acceptors (Lipinski definition) is 4. The molecule has 0 aliphatic heterocycles. The molecule has 0 aliphatic rings. The number of alkyl halides is 2. The standard InChI is InChI=1S/C19H19F2N3O3S/c1-13-17(12-22-24(13)19(20)21)28(25,26)23-18(14-6-4-3-5-7-14)15-8-10-16(27-2)11-9-15/h3-12,18-19,23H,1-2H3. The van der Waals surface area contributed by atoms with Crippen LogP contribution in [0.5, 0.6) is 5.75 Å². The second kappa shape index (κ2) is 8.07. The molecule has 0 spiro atoms. The number of nitrogens with zero attached hydrogens (tertiary/aromatic N) is 2. The van der Waals surface area contributed by atoms with Crippen molar-refractivity contribution < 1.29 is 21.9 Å². The van der Waals surface area contributed by atoms with Gasteiger partial charge in [-0.2, -0.15) is 18.6 Å². The number of halogens is 2. The van der Waals surface area contributed by atoms with Crippen LogP contribution in [0.2, 0.25) is 0 Å². The van der Waals surface area contributed by atoms with E-state index in [0.29, 0.717) is 21.6 Å². The molecule has 0 radical (unpaired) electrons. The van der Waals surface area contributed by atoms with E-state index < -0.39 is 22.6 Å². The van der Waals surface area contributed by atoms with Gasteiger partial charge in [-0.3, -0.25) is 0 Å². The van der Waals surface area contributed by atoms with Crippen molar-refractivity contribution >= 4 is 10.0 Å². The summed E-state index contributed by atoms with van der Waals surface area (Å²) in [6.07, 6.45) is 0.930. The second-order valence-electron chi connectivity index (χ2n) is 6.05. The summed E-state index contributed by atoms with van der Waals surface area (Å²) in [5.74, 6) is 0.632. The molecule has 1 unspecified atom stereocenters. The van der Waals surface area contributed by atoms with Gasteiger partial charge in [0.05, 0.1) is 25.0 Å². The van der Waals surface area contributed by atoms with Crippen molar-refractivity contribution in [2.75, 3.05) is 7.11 Å². The third kappa shape index (κ3) is 4.05. The molecule has 0 saturated carbocycles. The van der Waals surface area contributed by atoms with Crippen molar-refractivity contribution in [3.05, 3.63) is 77.6 Å². The lowest BCUT2D eigenvalue weighted by atomic mass is 10.00. The number of ether oxygens (including phenoxy) is 1. The van der Waals surface area contributed by atoms with Gasteiger partial charge in [-0.15, -0.1) is 0 Å². The van der Waals surface area contributed by atoms with Gasteiger partial charge in [0.2, 0.25) is 10.0 Å². The molecule has 28 heavy (non-hydrogen) atoms. The Labute approximate surface area is 161 Å². The molecule has 0 fully saturated rings. The van der Waals surface area contributed by atoms with Crippen molar-refractivity contribution in [2.45, 2.75) is 24.4 Å². The first kappa shape index (κ1) is 20.0. The minimum atomic E-state index is -4.11. The maximum absolute atomic E-state index is 13.0. The fourth-order valence-corrected chi connectivity index (χ4v) is 4.23. The average molecular weight is 407 g/mol. The van der Waals surface area contributed by atoms with E-state index in [0.717, 1.165) is 6.20 Å². The Hall–Kier alpha value is -2.78. The molecule has 148 valence electrons. The Kier molecular flexibility index (Phi) is 5.76. The Morgan fingerprint density at radius 1 is 1.04 bits per heavy atom. The van der Waals surface area contributed by atoms with Crippen molar-refractivity contribution in [2.24, 2.45) is 0 Å². The first-order chi connectivity index (χ1) is 13.3. The van der Waals surface area contributed by atoms with Gasteiger partial charge in [-0.25, -0.2) is 13.1 Å². The molecule has 1 aromatic heterocycles. The van der Waals surface area contributed by atoms with E-state index in [1.165, 1.54) is 14.0 Å². The zero-order valence-corrected chi connectivity index (χ0v) is 16.0. The van der Waals surface area contributed by atoms with E-state index in [1.54, 1.807) is 48.5 Å². The molecule has 3 aromatic rings. The summed E-state index contributed by atoms with van der Waals surface area (Å²) < 4.78 is 59.9. The molecular formula is C19H19F2N3O3S. The monoisotopic (exact) mass is 407 g/mol. The van der Waals surface area contributed by atoms with E-state index in [9.17, 15) is 17.2 Å². The van der Waals surface area contributed by atoms with Crippen LogP contribution in [-0.2, 0) is 10.0 Å². The zero-order chi connectivity index (χ0) is 20.3. The lowest BCUT2D eigenvalue weighted by molar-refractivity contribution is 0.0541. The molecule has 0 amide bonds. The number of aromatic nitrogens is 2. The van der Waals surface area contributed by atoms with Gasteiger partial charge < -0.3 is 4.74 Å². The van der Waals surface area contributed by atoms with Crippen LogP contribution in [-0.4, -0.2) is 25.3 Å². The summed E-state index contributed by atoms with van der Waals surface area (Å²) in [5.41, 5.74) is 1.24. The maximum Gasteiger partial charge on any atom is 0.333 e. The first-order valence-corrected chi connectivity index (χ1v) is 9.85. The van der Waals surface area contributed by atoms with E-state index in [-0.39, 0.29) is 10.6 Å². The predicted octanol–water partition coefficient (Wildman–Crippen LogP) is 3.66. The van der Waals surface area contributed by atoms with Crippen LogP contribution in [0.1, 0.15) is 29.4 Å². The molecule has 0 saturated heterocycles. The topological polar surface area (TPSA) is 73.2 Å². The van der Waals surface area contributed by atoms with Crippen LogP contribution < -0.4 is 9.46 Å². The summed E-state index contributed by atoms with van der Waals surface area (Å²) >= 11 is 0. The van der Waals surface area contributed by atoms with Crippen molar-refractivity contribution in [1.82, 2.24) is 14.5 Å². The van der Waals surface area contributed by atoms with E-state index >= 15 is 0 Å². The van der Waals surface area contributed by atoms with Gasteiger partial charge in [-0.05, 0) is 30.2 Å². The van der Waals surface area contributed by atoms with E-state index in [2.05, 4.69) is 9.82 Å². The predicted molar refractivity (Wildman–Crippen MR) is 99.8 cm³/mol. The third-order valence-electron chi connectivity index (χ3n) is 4.33. The SMILES string of the molecule is COc1ccc(C(NS(=O)(=O)c2cnn(C(F)F)c2C)c2ccccc2)cc1. The van der Waals surface area contributed by atoms with Crippen LogP contribution in [0.15, 0.2) is 65.7 Å². The third-order valence-corrected chi connectivity index (χ3v) is 5.85. The van der Waals surface area contributed by atoms with Crippen LogP contribution in [0.25, 0.3) is 0 Å². The first-order valence-electron chi connectivity index (χ1n) is 8.37. The van der Waals surface area contributed by atoms with Gasteiger partial charge in [0.25, 0.3) is 0 Å². The number of benzene rings is 2. The molecule has 1 heterocycles. The van der Waals surface area contributed by atoms with E-state index in [4.69, 9.17) is 4.74 Å². The number of sulfonamides is 1. The van der Waals surface area contributed by atoms with Crippen molar-refractivity contribution in [1.29, 1.82) is 0 Å². The largest absolute Gasteiger partial charge is 0.497 e. The molecule has 0 bridgehead atoms. The molecular weight excluding hydrogens is 388 g/mol. The second-order valence-corrected chi connectivity index (χ2v) is 7.74. The highest BCUT2D eigenvalue weighted by molar-refractivity contribution is 7.89. The number of methoxy groups -OCH3 is 1. The molecule has 3 rings (SSSR count). The number of nitrogens with one attached hydrogen (secondary N) is 1. The average Bonchev–Trinajstić information content (AvgIpc) is 3.09. The van der Waals surface area contributed by atoms with Crippen molar-refractivity contribution in [3.63, 3.8) is 0 Å². The smallest absolute Gasteiger partial charge is 0.333 e. The lowest BCUT2D eigenvalue weighted by Gasteiger charge is -2.20. The zero-order valence-electron chi connectivity index (χ0n) is 15.2. The molecule has 1 atom stereocenters. The van der Waals surface area contributed by atoms with Gasteiger partial charge in [0.1, 0.15) is 10.6 Å². The van der Waals surface area contributed by atoms with Gasteiger partial charge in [0.15, 0.2) is 0 Å². The molecule has 0 aliphatic carbocycles. The highest BCUT2D eigenvalue weighted by atomic mass is 32.2. The number of hydrogen-bond donors (Lipinski definition) is 1. The van der Waals surface area contributed by atoms with Gasteiger partial charge >= 0.3 is 6.55 Å². The van der Waals surface area contributed by atoms with Crippen LogP contribution in [0, 0.1) is 6.92 Å². The molecule has 9 heteroatoms. The molecule has 2 aromatic carbocycles. The summed E-state index contributed by atoms with van der Waals surface area (Å²) in [7, 11) is -2.58. The fourth-order valence-electron chi connectivity index (χ4n) is 2.86. The number of rotatable bonds is 7. The van der Waals surface area contributed by atoms with Crippen LogP contribution >= 0.6 is 0 Å². The van der Waals surface area contributed by atoms with Crippen molar-refractivity contribution in [3.8, 4) is 5.75 Å². The molecule has 1 N–H and O–H groups in total. The quantitative estimate of drug-likeness (QED) is 0.649. The Balaban J connectivity index is 2.01. The minimum absolute atomic E-state index is 0.135. The van der Waals surface area contributed by atoms with Crippen LogP contribution in [0.3, 0.4) is 0 Å². The summed E-state index contributed by atoms with van der Waals surface area (Å²) in [6, 6.07) is 15.2. The Morgan fingerprint density at radius 3 is 2.18 bits per heavy atom. The van der Waals surface area contributed by atoms with Gasteiger partial charge in [0, 0.05) is 0 Å². The Bertz CT molecular complexity index is 1040. The highest BCUT2D eigenvalue weighted by Crippen LogP contribution is 2.27. The minimum Gasteiger partial charge on any atom is -0.497 e. The maximum atomic E-state index is 13.0. The normalized spacial score (nSPS) is 12.9. The van der Waals surface area contributed by atoms with Crippen LogP contribution in [0.4, 0.5) is 8.78 Å². The summed E-state index contributed by atoms with van der Waals surface area (Å²) in [4.78, 5) is -0.290.